The first-order chi connectivity index (χ1) is 6.18. The molecule has 1 aromatic carbocycles. The van der Waals surface area contributed by atoms with E-state index in [1.54, 1.807) is 6.26 Å². The highest BCUT2D eigenvalue weighted by Gasteiger charge is 2.09. The zero-order chi connectivity index (χ0) is 9.42. The first-order valence-electron chi connectivity index (χ1n) is 3.99. The summed E-state index contributed by atoms with van der Waals surface area (Å²) in [6, 6.07) is 5.68. The second kappa shape index (κ2) is 3.35. The van der Waals surface area contributed by atoms with Gasteiger partial charge in [-0.25, -0.2) is 0 Å². The molecule has 0 radical (unpaired) electrons. The zero-order valence-electron chi connectivity index (χ0n) is 7.05. The molecular weight excluding hydrogens is 251 g/mol. The molecule has 1 atom stereocenters. The average molecular weight is 260 g/mol. The van der Waals surface area contributed by atoms with E-state index in [1.165, 1.54) is 0 Å². The summed E-state index contributed by atoms with van der Waals surface area (Å²) >= 11 is 9.34. The van der Waals surface area contributed by atoms with Crippen LogP contribution in [0.25, 0.3) is 11.0 Å². The van der Waals surface area contributed by atoms with Crippen LogP contribution < -0.4 is 0 Å². The highest BCUT2D eigenvalue weighted by Crippen LogP contribution is 2.32. The van der Waals surface area contributed by atoms with E-state index in [4.69, 9.17) is 16.0 Å². The first-order valence-corrected chi connectivity index (χ1v) is 5.28. The number of fused-ring (bicyclic) bond motifs is 1. The second-order valence-electron chi connectivity index (χ2n) is 2.95. The van der Waals surface area contributed by atoms with Crippen molar-refractivity contribution in [3.05, 3.63) is 35.0 Å². The van der Waals surface area contributed by atoms with Crippen LogP contribution in [-0.4, -0.2) is 0 Å². The van der Waals surface area contributed by atoms with Crippen LogP contribution in [0.2, 0.25) is 5.02 Å². The lowest BCUT2D eigenvalue weighted by atomic mass is 10.1. The minimum Gasteiger partial charge on any atom is -0.464 e. The third-order valence-electron chi connectivity index (χ3n) is 2.00. The van der Waals surface area contributed by atoms with Gasteiger partial charge in [0.15, 0.2) is 0 Å². The quantitative estimate of drug-likeness (QED) is 0.685. The SMILES string of the molecule is CC(Br)c1coc2cc(Cl)ccc12. The normalized spacial score (nSPS) is 13.5. The predicted octanol–water partition coefficient (Wildman–Crippen LogP) is 4.54. The number of hydrogen-bond donors (Lipinski definition) is 0. The largest absolute Gasteiger partial charge is 0.464 e. The average Bonchev–Trinajstić information content (AvgIpc) is 2.46. The molecule has 0 aliphatic carbocycles. The second-order valence-corrected chi connectivity index (χ2v) is 4.76. The molecule has 0 amide bonds. The number of alkyl halides is 1. The molecule has 68 valence electrons. The van der Waals surface area contributed by atoms with Crippen LogP contribution >= 0.6 is 27.5 Å². The van der Waals surface area contributed by atoms with Crippen molar-refractivity contribution in [1.29, 1.82) is 0 Å². The van der Waals surface area contributed by atoms with Crippen molar-refractivity contribution in [3.8, 4) is 0 Å². The van der Waals surface area contributed by atoms with Crippen molar-refractivity contribution < 1.29 is 4.42 Å². The summed E-state index contributed by atoms with van der Waals surface area (Å²) in [6.45, 7) is 2.07. The van der Waals surface area contributed by atoms with Crippen molar-refractivity contribution >= 4 is 38.5 Å². The lowest BCUT2D eigenvalue weighted by Gasteiger charge is -1.98. The topological polar surface area (TPSA) is 13.1 Å². The Hall–Kier alpha value is -0.470. The van der Waals surface area contributed by atoms with E-state index in [9.17, 15) is 0 Å². The van der Waals surface area contributed by atoms with Crippen LogP contribution in [0.5, 0.6) is 0 Å². The summed E-state index contributed by atoms with van der Waals surface area (Å²) in [5, 5.41) is 1.82. The van der Waals surface area contributed by atoms with Crippen LogP contribution in [0.3, 0.4) is 0 Å². The lowest BCUT2D eigenvalue weighted by molar-refractivity contribution is 0.611. The molecule has 1 aromatic heterocycles. The summed E-state index contributed by atoms with van der Waals surface area (Å²) < 4.78 is 5.38. The molecule has 0 aliphatic heterocycles. The molecule has 2 aromatic rings. The lowest BCUT2D eigenvalue weighted by Crippen LogP contribution is -1.78. The maximum absolute atomic E-state index is 5.84. The zero-order valence-corrected chi connectivity index (χ0v) is 9.39. The molecule has 13 heavy (non-hydrogen) atoms. The monoisotopic (exact) mass is 258 g/mol. The van der Waals surface area contributed by atoms with Gasteiger partial charge in [-0.1, -0.05) is 27.5 Å². The Bertz CT molecular complexity index is 433. The Kier molecular flexibility index (Phi) is 2.35. The summed E-state index contributed by atoms with van der Waals surface area (Å²) in [7, 11) is 0. The highest BCUT2D eigenvalue weighted by molar-refractivity contribution is 9.09. The van der Waals surface area contributed by atoms with Crippen molar-refractivity contribution in [2.75, 3.05) is 0 Å². The molecular formula is C10H8BrClO. The fourth-order valence-corrected chi connectivity index (χ4v) is 1.85. The van der Waals surface area contributed by atoms with Gasteiger partial charge in [0.05, 0.1) is 6.26 Å². The van der Waals surface area contributed by atoms with E-state index in [0.717, 1.165) is 16.5 Å². The van der Waals surface area contributed by atoms with Crippen LogP contribution in [0.4, 0.5) is 0 Å². The minimum atomic E-state index is 0.301. The van der Waals surface area contributed by atoms with E-state index >= 15 is 0 Å². The Balaban J connectivity index is 2.69. The van der Waals surface area contributed by atoms with Crippen molar-refractivity contribution in [2.45, 2.75) is 11.8 Å². The number of furan rings is 1. The molecule has 1 nitrogen and oxygen atoms in total. The van der Waals surface area contributed by atoms with E-state index in [2.05, 4.69) is 22.9 Å². The highest BCUT2D eigenvalue weighted by atomic mass is 79.9. The van der Waals surface area contributed by atoms with Gasteiger partial charge in [-0.2, -0.15) is 0 Å². The van der Waals surface area contributed by atoms with Crippen LogP contribution in [-0.2, 0) is 0 Å². The first kappa shape index (κ1) is 9.10. The molecule has 1 heterocycles. The van der Waals surface area contributed by atoms with E-state index in [0.29, 0.717) is 9.85 Å². The van der Waals surface area contributed by atoms with Gasteiger partial charge in [-0.05, 0) is 25.1 Å². The number of hydrogen-bond acceptors (Lipinski definition) is 1. The predicted molar refractivity (Wildman–Crippen MR) is 58.6 cm³/mol. The minimum absolute atomic E-state index is 0.301. The smallest absolute Gasteiger partial charge is 0.135 e. The third-order valence-corrected chi connectivity index (χ3v) is 2.72. The van der Waals surface area contributed by atoms with Gasteiger partial charge in [0.25, 0.3) is 0 Å². The van der Waals surface area contributed by atoms with Gasteiger partial charge in [0.2, 0.25) is 0 Å². The molecule has 0 saturated carbocycles. The van der Waals surface area contributed by atoms with Crippen LogP contribution in [0, 0.1) is 0 Å². The summed E-state index contributed by atoms with van der Waals surface area (Å²) in [5.41, 5.74) is 2.00. The van der Waals surface area contributed by atoms with Crippen molar-refractivity contribution in [1.82, 2.24) is 0 Å². The van der Waals surface area contributed by atoms with Gasteiger partial charge in [-0.3, -0.25) is 0 Å². The van der Waals surface area contributed by atoms with Gasteiger partial charge in [-0.15, -0.1) is 0 Å². The Labute approximate surface area is 89.8 Å². The molecule has 0 bridgehead atoms. The number of rotatable bonds is 1. The van der Waals surface area contributed by atoms with E-state index in [-0.39, 0.29) is 0 Å². The van der Waals surface area contributed by atoms with Crippen LogP contribution in [0.1, 0.15) is 17.3 Å². The number of benzene rings is 1. The fraction of sp³-hybridized carbons (Fsp3) is 0.200. The molecule has 0 fully saturated rings. The maximum atomic E-state index is 5.84. The van der Waals surface area contributed by atoms with Gasteiger partial charge < -0.3 is 4.42 Å². The standard InChI is InChI=1S/C10H8BrClO/c1-6(11)9-5-13-10-4-7(12)2-3-8(9)10/h2-6H,1H3. The summed E-state index contributed by atoms with van der Waals surface area (Å²) in [4.78, 5) is 0.301. The molecule has 2 rings (SSSR count). The van der Waals surface area contributed by atoms with Gasteiger partial charge >= 0.3 is 0 Å². The molecule has 0 spiro atoms. The molecule has 0 N–H and O–H groups in total. The van der Waals surface area contributed by atoms with E-state index in [1.807, 2.05) is 18.2 Å². The van der Waals surface area contributed by atoms with Gasteiger partial charge in [0.1, 0.15) is 5.58 Å². The van der Waals surface area contributed by atoms with Crippen molar-refractivity contribution in [3.63, 3.8) is 0 Å². The van der Waals surface area contributed by atoms with Gasteiger partial charge in [0, 0.05) is 20.8 Å². The number of halogens is 2. The maximum Gasteiger partial charge on any atom is 0.135 e. The molecule has 3 heteroatoms. The summed E-state index contributed by atoms with van der Waals surface area (Å²) in [5.74, 6) is 0. The Morgan fingerprint density at radius 2 is 2.23 bits per heavy atom. The fourth-order valence-electron chi connectivity index (χ4n) is 1.33. The van der Waals surface area contributed by atoms with E-state index < -0.39 is 0 Å². The molecule has 0 saturated heterocycles. The van der Waals surface area contributed by atoms with Crippen molar-refractivity contribution in [2.24, 2.45) is 0 Å². The summed E-state index contributed by atoms with van der Waals surface area (Å²) in [6.07, 6.45) is 1.76. The third kappa shape index (κ3) is 1.61. The molecule has 1 unspecified atom stereocenters. The Morgan fingerprint density at radius 1 is 1.46 bits per heavy atom. The van der Waals surface area contributed by atoms with Crippen LogP contribution in [0.15, 0.2) is 28.9 Å². The molecule has 0 aliphatic rings. The Morgan fingerprint density at radius 3 is 2.92 bits per heavy atom.